The highest BCUT2D eigenvalue weighted by molar-refractivity contribution is 7.89. The van der Waals surface area contributed by atoms with Gasteiger partial charge in [0.05, 0.1) is 11.9 Å². The summed E-state index contributed by atoms with van der Waals surface area (Å²) in [5.41, 5.74) is 0.536. The van der Waals surface area contributed by atoms with Crippen molar-refractivity contribution in [3.05, 3.63) is 11.9 Å². The van der Waals surface area contributed by atoms with Crippen LogP contribution in [0, 0.1) is 6.92 Å². The number of H-pyrrole nitrogens is 1. The lowest BCUT2D eigenvalue weighted by Crippen LogP contribution is -2.25. The van der Waals surface area contributed by atoms with E-state index in [2.05, 4.69) is 14.9 Å². The zero-order valence-corrected chi connectivity index (χ0v) is 9.60. The molecule has 0 aliphatic carbocycles. The molecule has 0 aliphatic rings. The minimum absolute atomic E-state index is 0.194. The van der Waals surface area contributed by atoms with Crippen molar-refractivity contribution < 1.29 is 13.2 Å². The summed E-state index contributed by atoms with van der Waals surface area (Å²) in [4.78, 5) is 0.194. The van der Waals surface area contributed by atoms with E-state index >= 15 is 0 Å². The Labute approximate surface area is 89.1 Å². The van der Waals surface area contributed by atoms with Gasteiger partial charge in [-0.05, 0) is 13.3 Å². The van der Waals surface area contributed by atoms with Gasteiger partial charge in [-0.25, -0.2) is 13.1 Å². The summed E-state index contributed by atoms with van der Waals surface area (Å²) in [6.07, 6.45) is 1.95. The minimum atomic E-state index is -3.43. The SMILES string of the molecule is COCCCNS(=O)(=O)c1cn[nH]c1C. The highest BCUT2D eigenvalue weighted by Gasteiger charge is 2.17. The molecule has 1 heterocycles. The van der Waals surface area contributed by atoms with Crippen molar-refractivity contribution in [1.82, 2.24) is 14.9 Å². The van der Waals surface area contributed by atoms with E-state index in [1.165, 1.54) is 6.20 Å². The zero-order chi connectivity index (χ0) is 11.3. The fourth-order valence-electron chi connectivity index (χ4n) is 1.11. The molecule has 15 heavy (non-hydrogen) atoms. The highest BCUT2D eigenvalue weighted by atomic mass is 32.2. The van der Waals surface area contributed by atoms with Crippen LogP contribution in [0.3, 0.4) is 0 Å². The Morgan fingerprint density at radius 3 is 2.87 bits per heavy atom. The van der Waals surface area contributed by atoms with Crippen LogP contribution < -0.4 is 4.72 Å². The molecular weight excluding hydrogens is 218 g/mol. The lowest BCUT2D eigenvalue weighted by molar-refractivity contribution is 0.196. The van der Waals surface area contributed by atoms with Crippen LogP contribution in [0.25, 0.3) is 0 Å². The molecule has 0 unspecified atom stereocenters. The van der Waals surface area contributed by atoms with Gasteiger partial charge in [-0.3, -0.25) is 5.10 Å². The standard InChI is InChI=1S/C8H15N3O3S/c1-7-8(6-9-11-7)15(12,13)10-4-3-5-14-2/h6,10H,3-5H2,1-2H3,(H,9,11). The summed E-state index contributed by atoms with van der Waals surface area (Å²) in [7, 11) is -1.85. The maximum Gasteiger partial charge on any atom is 0.243 e. The average molecular weight is 233 g/mol. The van der Waals surface area contributed by atoms with Gasteiger partial charge in [-0.15, -0.1) is 0 Å². The number of nitrogens with zero attached hydrogens (tertiary/aromatic N) is 1. The molecule has 86 valence electrons. The number of nitrogens with one attached hydrogen (secondary N) is 2. The molecule has 1 rings (SSSR count). The van der Waals surface area contributed by atoms with Gasteiger partial charge < -0.3 is 4.74 Å². The molecule has 0 atom stereocenters. The van der Waals surface area contributed by atoms with Crippen molar-refractivity contribution in [3.8, 4) is 0 Å². The lowest BCUT2D eigenvalue weighted by atomic mass is 10.5. The van der Waals surface area contributed by atoms with Gasteiger partial charge in [0.15, 0.2) is 0 Å². The minimum Gasteiger partial charge on any atom is -0.385 e. The maximum absolute atomic E-state index is 11.7. The van der Waals surface area contributed by atoms with E-state index in [1.807, 2.05) is 0 Å². The quantitative estimate of drug-likeness (QED) is 0.679. The molecule has 6 nitrogen and oxygen atoms in total. The van der Waals surface area contributed by atoms with E-state index in [-0.39, 0.29) is 4.90 Å². The molecule has 0 saturated carbocycles. The van der Waals surface area contributed by atoms with Crippen LogP contribution in [0.2, 0.25) is 0 Å². The summed E-state index contributed by atoms with van der Waals surface area (Å²) >= 11 is 0. The first-order chi connectivity index (χ1) is 7.08. The van der Waals surface area contributed by atoms with Crippen LogP contribution in [0.4, 0.5) is 0 Å². The Morgan fingerprint density at radius 2 is 2.33 bits per heavy atom. The molecule has 0 aliphatic heterocycles. The summed E-state index contributed by atoms with van der Waals surface area (Å²) in [5.74, 6) is 0. The monoisotopic (exact) mass is 233 g/mol. The summed E-state index contributed by atoms with van der Waals surface area (Å²) in [6, 6.07) is 0. The van der Waals surface area contributed by atoms with Crippen molar-refractivity contribution >= 4 is 10.0 Å². The summed E-state index contributed by atoms with van der Waals surface area (Å²) < 4.78 is 30.6. The molecular formula is C8H15N3O3S. The van der Waals surface area contributed by atoms with Gasteiger partial charge in [0.2, 0.25) is 10.0 Å². The lowest BCUT2D eigenvalue weighted by Gasteiger charge is -2.04. The predicted molar refractivity (Wildman–Crippen MR) is 55.0 cm³/mol. The van der Waals surface area contributed by atoms with Crippen LogP contribution in [0.5, 0.6) is 0 Å². The van der Waals surface area contributed by atoms with Crippen LogP contribution in [-0.2, 0) is 14.8 Å². The molecule has 0 bridgehead atoms. The first kappa shape index (κ1) is 12.2. The number of ether oxygens (including phenoxy) is 1. The van der Waals surface area contributed by atoms with Gasteiger partial charge in [0, 0.05) is 20.3 Å². The number of hydrogen-bond acceptors (Lipinski definition) is 4. The average Bonchev–Trinajstić information content (AvgIpc) is 2.60. The largest absolute Gasteiger partial charge is 0.385 e. The second-order valence-electron chi connectivity index (χ2n) is 3.10. The Bertz CT molecular complexity index is 399. The third kappa shape index (κ3) is 3.29. The second-order valence-corrected chi connectivity index (χ2v) is 4.84. The molecule has 1 aromatic rings. The molecule has 0 fully saturated rings. The van der Waals surface area contributed by atoms with Crippen molar-refractivity contribution in [2.75, 3.05) is 20.3 Å². The fraction of sp³-hybridized carbons (Fsp3) is 0.625. The predicted octanol–water partition coefficient (Wildman–Crippen LogP) is 0.0329. The molecule has 0 aromatic carbocycles. The normalized spacial score (nSPS) is 11.9. The summed E-state index contributed by atoms with van der Waals surface area (Å²) in [6.45, 7) is 2.56. The number of aryl methyl sites for hydroxylation is 1. The van der Waals surface area contributed by atoms with Gasteiger partial charge in [-0.2, -0.15) is 5.10 Å². The van der Waals surface area contributed by atoms with Gasteiger partial charge >= 0.3 is 0 Å². The van der Waals surface area contributed by atoms with Crippen LogP contribution in [-0.4, -0.2) is 38.9 Å². The molecule has 0 amide bonds. The van der Waals surface area contributed by atoms with E-state index in [9.17, 15) is 8.42 Å². The van der Waals surface area contributed by atoms with Gasteiger partial charge in [-0.1, -0.05) is 0 Å². The van der Waals surface area contributed by atoms with Crippen molar-refractivity contribution in [3.63, 3.8) is 0 Å². The number of sulfonamides is 1. The Kier molecular flexibility index (Phi) is 4.25. The molecule has 1 aromatic heterocycles. The Hall–Kier alpha value is -0.920. The fourth-order valence-corrected chi connectivity index (χ4v) is 2.32. The Balaban J connectivity index is 2.57. The first-order valence-electron chi connectivity index (χ1n) is 4.56. The number of aromatic amines is 1. The van der Waals surface area contributed by atoms with Crippen molar-refractivity contribution in [2.45, 2.75) is 18.2 Å². The summed E-state index contributed by atoms with van der Waals surface area (Å²) in [5, 5.41) is 6.25. The topological polar surface area (TPSA) is 84.1 Å². The molecule has 2 N–H and O–H groups in total. The van der Waals surface area contributed by atoms with Crippen molar-refractivity contribution in [1.29, 1.82) is 0 Å². The van der Waals surface area contributed by atoms with E-state index < -0.39 is 10.0 Å². The van der Waals surface area contributed by atoms with E-state index in [0.29, 0.717) is 25.3 Å². The maximum atomic E-state index is 11.7. The Morgan fingerprint density at radius 1 is 1.60 bits per heavy atom. The van der Waals surface area contributed by atoms with E-state index in [1.54, 1.807) is 14.0 Å². The molecule has 7 heteroatoms. The van der Waals surface area contributed by atoms with Gasteiger partial charge in [0.25, 0.3) is 0 Å². The third-order valence-electron chi connectivity index (χ3n) is 1.89. The first-order valence-corrected chi connectivity index (χ1v) is 6.05. The van der Waals surface area contributed by atoms with Crippen LogP contribution >= 0.6 is 0 Å². The number of rotatable bonds is 6. The van der Waals surface area contributed by atoms with Crippen LogP contribution in [0.15, 0.2) is 11.1 Å². The number of hydrogen-bond donors (Lipinski definition) is 2. The zero-order valence-electron chi connectivity index (χ0n) is 8.78. The molecule has 0 radical (unpaired) electrons. The molecule has 0 saturated heterocycles. The number of aromatic nitrogens is 2. The van der Waals surface area contributed by atoms with Gasteiger partial charge in [0.1, 0.15) is 4.90 Å². The second kappa shape index (κ2) is 5.24. The van der Waals surface area contributed by atoms with E-state index in [0.717, 1.165) is 0 Å². The third-order valence-corrected chi connectivity index (χ3v) is 3.47. The van der Waals surface area contributed by atoms with Crippen LogP contribution in [0.1, 0.15) is 12.1 Å². The smallest absolute Gasteiger partial charge is 0.243 e. The van der Waals surface area contributed by atoms with Crippen molar-refractivity contribution in [2.24, 2.45) is 0 Å². The number of methoxy groups -OCH3 is 1. The van der Waals surface area contributed by atoms with E-state index in [4.69, 9.17) is 4.74 Å². The highest BCUT2D eigenvalue weighted by Crippen LogP contribution is 2.10. The molecule has 0 spiro atoms.